The Bertz CT molecular complexity index is 3520. The third-order valence-electron chi connectivity index (χ3n) is 11.7. The molecular weight excluding hydrogens is 709 g/mol. The minimum atomic E-state index is 1.12. The van der Waals surface area contributed by atoms with Gasteiger partial charge in [0.2, 0.25) is 0 Å². The van der Waals surface area contributed by atoms with E-state index < -0.39 is 0 Å². The van der Waals surface area contributed by atoms with Crippen LogP contribution >= 0.6 is 11.3 Å². The number of anilines is 3. The van der Waals surface area contributed by atoms with E-state index in [0.29, 0.717) is 0 Å². The number of para-hydroxylation sites is 1. The lowest BCUT2D eigenvalue weighted by Crippen LogP contribution is -2.10. The quantitative estimate of drug-likeness (QED) is 0.170. The zero-order valence-corrected chi connectivity index (χ0v) is 31.7. The van der Waals surface area contributed by atoms with Gasteiger partial charge >= 0.3 is 0 Å². The number of hydrogen-bond acceptors (Lipinski definition) is 2. The van der Waals surface area contributed by atoms with Gasteiger partial charge in [-0.15, -0.1) is 11.3 Å². The number of fused-ring (bicyclic) bond motifs is 10. The van der Waals surface area contributed by atoms with E-state index in [9.17, 15) is 0 Å². The fourth-order valence-corrected chi connectivity index (χ4v) is 10.2. The predicted molar refractivity (Wildman–Crippen MR) is 246 cm³/mol. The molecule has 0 atom stereocenters. The third-order valence-corrected chi connectivity index (χ3v) is 12.8. The molecule has 12 aromatic rings. The second kappa shape index (κ2) is 12.7. The van der Waals surface area contributed by atoms with E-state index in [2.05, 4.69) is 216 Å². The third kappa shape index (κ3) is 5.10. The Balaban J connectivity index is 1.05. The highest BCUT2D eigenvalue weighted by molar-refractivity contribution is 7.25. The molecule has 12 rings (SSSR count). The summed E-state index contributed by atoms with van der Waals surface area (Å²) in [6, 6.07) is 75.8. The van der Waals surface area contributed by atoms with E-state index >= 15 is 0 Å². The van der Waals surface area contributed by atoms with E-state index in [1.54, 1.807) is 0 Å². The minimum Gasteiger partial charge on any atom is -0.310 e. The lowest BCUT2D eigenvalue weighted by Gasteiger charge is -2.27. The molecule has 0 bridgehead atoms. The Kier molecular flexibility index (Phi) is 7.13. The van der Waals surface area contributed by atoms with Crippen LogP contribution in [0.1, 0.15) is 0 Å². The number of rotatable bonds is 5. The summed E-state index contributed by atoms with van der Waals surface area (Å²) in [5.74, 6) is 0. The van der Waals surface area contributed by atoms with Crippen molar-refractivity contribution in [3.05, 3.63) is 206 Å². The van der Waals surface area contributed by atoms with Gasteiger partial charge in [-0.25, -0.2) is 0 Å². The average molecular weight is 743 g/mol. The van der Waals surface area contributed by atoms with Crippen LogP contribution in [0, 0.1) is 0 Å². The van der Waals surface area contributed by atoms with Gasteiger partial charge in [-0.1, -0.05) is 127 Å². The second-order valence-electron chi connectivity index (χ2n) is 14.9. The van der Waals surface area contributed by atoms with Crippen LogP contribution in [0.2, 0.25) is 0 Å². The van der Waals surface area contributed by atoms with Crippen LogP contribution in [0.25, 0.3) is 91.1 Å². The van der Waals surface area contributed by atoms with Gasteiger partial charge in [-0.3, -0.25) is 0 Å². The lowest BCUT2D eigenvalue weighted by atomic mass is 9.98. The molecule has 10 aromatic carbocycles. The molecule has 0 saturated heterocycles. The maximum atomic E-state index is 2.44. The van der Waals surface area contributed by atoms with E-state index in [4.69, 9.17) is 0 Å². The van der Waals surface area contributed by atoms with Crippen molar-refractivity contribution in [2.45, 2.75) is 0 Å². The first-order chi connectivity index (χ1) is 28.2. The molecule has 0 N–H and O–H groups in total. The highest BCUT2D eigenvalue weighted by Gasteiger charge is 2.19. The molecule has 0 spiro atoms. The molecule has 0 aliphatic carbocycles. The van der Waals surface area contributed by atoms with Crippen LogP contribution in [-0.2, 0) is 0 Å². The fourth-order valence-electron chi connectivity index (χ4n) is 9.05. The van der Waals surface area contributed by atoms with Gasteiger partial charge in [0.25, 0.3) is 0 Å². The smallest absolute Gasteiger partial charge is 0.0547 e. The van der Waals surface area contributed by atoms with Crippen LogP contribution in [0.4, 0.5) is 17.1 Å². The zero-order valence-electron chi connectivity index (χ0n) is 30.9. The zero-order chi connectivity index (χ0) is 37.5. The SMILES string of the molecule is c1ccc(-n2c3ccc(-c4ccc(N(c5ccc6ccccc6c5)c5cccc6ccccc56)cc4)cc3c3c4cc5c(cc4ccc32)sc2ccccc25)cc1. The van der Waals surface area contributed by atoms with Crippen molar-refractivity contribution < 1.29 is 0 Å². The van der Waals surface area contributed by atoms with Crippen LogP contribution in [0.3, 0.4) is 0 Å². The summed E-state index contributed by atoms with van der Waals surface area (Å²) < 4.78 is 5.09. The van der Waals surface area contributed by atoms with Crippen molar-refractivity contribution in [2.24, 2.45) is 0 Å². The first kappa shape index (κ1) is 32.1. The van der Waals surface area contributed by atoms with Crippen molar-refractivity contribution in [2.75, 3.05) is 4.90 Å². The first-order valence-corrected chi connectivity index (χ1v) is 20.3. The molecule has 0 fully saturated rings. The number of benzene rings is 10. The Hall–Kier alpha value is -7.20. The van der Waals surface area contributed by atoms with Crippen molar-refractivity contribution in [1.82, 2.24) is 4.57 Å². The van der Waals surface area contributed by atoms with Crippen molar-refractivity contribution >= 4 is 103 Å². The van der Waals surface area contributed by atoms with Gasteiger partial charge in [0.15, 0.2) is 0 Å². The van der Waals surface area contributed by atoms with Gasteiger partial charge in [-0.05, 0) is 117 Å². The summed E-state index contributed by atoms with van der Waals surface area (Å²) >= 11 is 1.88. The molecule has 2 heterocycles. The largest absolute Gasteiger partial charge is 0.310 e. The molecule has 2 nitrogen and oxygen atoms in total. The van der Waals surface area contributed by atoms with Gasteiger partial charge in [0.05, 0.1) is 16.7 Å². The van der Waals surface area contributed by atoms with Crippen molar-refractivity contribution in [3.63, 3.8) is 0 Å². The summed E-state index contributed by atoms with van der Waals surface area (Å²) in [5, 5.41) is 12.7. The van der Waals surface area contributed by atoms with Crippen LogP contribution in [0.15, 0.2) is 206 Å². The number of aromatic nitrogens is 1. The Labute approximate surface area is 333 Å². The maximum absolute atomic E-state index is 2.44. The van der Waals surface area contributed by atoms with Gasteiger partial charge in [0.1, 0.15) is 0 Å². The molecule has 266 valence electrons. The molecule has 0 saturated carbocycles. The van der Waals surface area contributed by atoms with Crippen molar-refractivity contribution in [1.29, 1.82) is 0 Å². The van der Waals surface area contributed by atoms with Crippen LogP contribution in [-0.4, -0.2) is 4.57 Å². The lowest BCUT2D eigenvalue weighted by molar-refractivity contribution is 1.18. The summed E-state index contributed by atoms with van der Waals surface area (Å²) in [7, 11) is 0. The molecule has 0 unspecified atom stereocenters. The summed E-state index contributed by atoms with van der Waals surface area (Å²) in [5.41, 5.74) is 9.38. The van der Waals surface area contributed by atoms with Crippen molar-refractivity contribution in [3.8, 4) is 16.8 Å². The number of nitrogens with zero attached hydrogens (tertiary/aromatic N) is 2. The molecular formula is C54H34N2S. The summed E-state index contributed by atoms with van der Waals surface area (Å²) in [4.78, 5) is 2.40. The van der Waals surface area contributed by atoms with E-state index in [1.807, 2.05) is 11.3 Å². The second-order valence-corrected chi connectivity index (χ2v) is 16.0. The van der Waals surface area contributed by atoms with E-state index in [1.165, 1.54) is 91.1 Å². The fraction of sp³-hybridized carbons (Fsp3) is 0. The monoisotopic (exact) mass is 742 g/mol. The van der Waals surface area contributed by atoms with E-state index in [0.717, 1.165) is 17.1 Å². The Morgan fingerprint density at radius 2 is 1.04 bits per heavy atom. The highest BCUT2D eigenvalue weighted by Crippen LogP contribution is 2.44. The van der Waals surface area contributed by atoms with Gasteiger partial charge < -0.3 is 9.47 Å². The Morgan fingerprint density at radius 3 is 1.91 bits per heavy atom. The standard InChI is InChI=1S/C54H34N2S/c1-2-15-41(16-3-1)56-50-29-24-39(32-48(50)54-46-34-47-45-18-8-9-20-52(45)57-53(47)33-40(46)25-30-51(54)56)36-21-26-42(27-22-36)55(43-28-23-35-11-4-5-13-38(35)31-43)49-19-10-14-37-12-6-7-17-44(37)49/h1-34H. The first-order valence-electron chi connectivity index (χ1n) is 19.5. The number of hydrogen-bond donors (Lipinski definition) is 0. The number of thiophene rings is 1. The van der Waals surface area contributed by atoms with Crippen LogP contribution in [0.5, 0.6) is 0 Å². The minimum absolute atomic E-state index is 1.12. The Morgan fingerprint density at radius 1 is 0.351 bits per heavy atom. The maximum Gasteiger partial charge on any atom is 0.0547 e. The highest BCUT2D eigenvalue weighted by atomic mass is 32.1. The predicted octanol–water partition coefficient (Wildman–Crippen LogP) is 15.7. The molecule has 0 radical (unpaired) electrons. The summed E-state index contributed by atoms with van der Waals surface area (Å²) in [6.45, 7) is 0. The van der Waals surface area contributed by atoms with E-state index in [-0.39, 0.29) is 0 Å². The van der Waals surface area contributed by atoms with Gasteiger partial charge in [0, 0.05) is 53.4 Å². The molecule has 0 amide bonds. The topological polar surface area (TPSA) is 8.17 Å². The molecule has 57 heavy (non-hydrogen) atoms. The normalized spacial score (nSPS) is 11.9. The average Bonchev–Trinajstić information content (AvgIpc) is 3.81. The molecule has 0 aliphatic heterocycles. The molecule has 3 heteroatoms. The molecule has 2 aromatic heterocycles. The van der Waals surface area contributed by atoms with Gasteiger partial charge in [-0.2, -0.15) is 0 Å². The molecule has 0 aliphatic rings. The summed E-state index contributed by atoms with van der Waals surface area (Å²) in [6.07, 6.45) is 0. The van der Waals surface area contributed by atoms with Crippen LogP contribution < -0.4 is 4.90 Å².